The Labute approximate surface area is 406 Å². The van der Waals surface area contributed by atoms with E-state index in [1.165, 1.54) is 110 Å². The standard InChI is InChI=1S/C66H70N2/c1-62(2,3)44-27-21-43(22-28-44)61-53(65(10,11)12)39-48(40-54(61)66(13,14)15)67(47-19-17-16-18-20-47)55-33-25-41-24-32-50-56(34-26-42-23-31-49(55)59(41)60(42)50)68-57-35-29-45(63(4,5)6)37-51(57)52-38-46(64(7,8)9)30-36-58(52)68/h16-40H,1-15H3. The number of fused-ring (bicyclic) bond motifs is 3. The van der Waals surface area contributed by atoms with Crippen molar-refractivity contribution in [2.75, 3.05) is 4.90 Å². The fourth-order valence-corrected chi connectivity index (χ4v) is 10.8. The Morgan fingerprint density at radius 2 is 0.809 bits per heavy atom. The van der Waals surface area contributed by atoms with E-state index in [-0.39, 0.29) is 27.1 Å². The van der Waals surface area contributed by atoms with Gasteiger partial charge in [0.2, 0.25) is 0 Å². The first-order chi connectivity index (χ1) is 31.9. The van der Waals surface area contributed by atoms with E-state index < -0.39 is 0 Å². The van der Waals surface area contributed by atoms with Gasteiger partial charge in [-0.1, -0.05) is 195 Å². The molecule has 344 valence electrons. The highest BCUT2D eigenvalue weighted by Gasteiger charge is 2.31. The van der Waals surface area contributed by atoms with E-state index in [9.17, 15) is 0 Å². The first kappa shape index (κ1) is 45.4. The lowest BCUT2D eigenvalue weighted by molar-refractivity contribution is 0.571. The summed E-state index contributed by atoms with van der Waals surface area (Å²) in [6, 6.07) is 58.5. The van der Waals surface area contributed by atoms with Crippen LogP contribution in [0.3, 0.4) is 0 Å². The van der Waals surface area contributed by atoms with Crippen LogP contribution in [0.25, 0.3) is 70.9 Å². The second kappa shape index (κ2) is 15.6. The molecule has 0 bridgehead atoms. The molecule has 1 aromatic heterocycles. The minimum Gasteiger partial charge on any atom is -0.310 e. The third-order valence-electron chi connectivity index (χ3n) is 14.6. The van der Waals surface area contributed by atoms with Gasteiger partial charge in [-0.3, -0.25) is 0 Å². The van der Waals surface area contributed by atoms with Crippen molar-refractivity contribution in [2.24, 2.45) is 0 Å². The maximum absolute atomic E-state index is 2.53. The Balaban J connectivity index is 1.24. The number of hydrogen-bond donors (Lipinski definition) is 0. The molecule has 2 heteroatoms. The number of nitrogens with zero attached hydrogens (tertiary/aromatic N) is 2. The predicted molar refractivity (Wildman–Crippen MR) is 298 cm³/mol. The van der Waals surface area contributed by atoms with Crippen LogP contribution in [0, 0.1) is 0 Å². The lowest BCUT2D eigenvalue weighted by Gasteiger charge is -2.35. The Morgan fingerprint density at radius 3 is 1.31 bits per heavy atom. The lowest BCUT2D eigenvalue weighted by atomic mass is 9.73. The maximum atomic E-state index is 2.53. The highest BCUT2D eigenvalue weighted by atomic mass is 15.1. The van der Waals surface area contributed by atoms with Gasteiger partial charge < -0.3 is 9.47 Å². The van der Waals surface area contributed by atoms with Crippen LogP contribution in [0.4, 0.5) is 17.1 Å². The maximum Gasteiger partial charge on any atom is 0.0541 e. The molecule has 0 fully saturated rings. The van der Waals surface area contributed by atoms with Crippen molar-refractivity contribution in [2.45, 2.75) is 131 Å². The molecule has 0 amide bonds. The second-order valence-corrected chi connectivity index (χ2v) is 24.8. The largest absolute Gasteiger partial charge is 0.310 e. The molecule has 0 aliphatic rings. The van der Waals surface area contributed by atoms with E-state index in [1.54, 1.807) is 0 Å². The molecular formula is C66H70N2. The van der Waals surface area contributed by atoms with Gasteiger partial charge in [-0.05, 0) is 148 Å². The molecular weight excluding hydrogens is 821 g/mol. The predicted octanol–water partition coefficient (Wildman–Crippen LogP) is 19.3. The molecule has 68 heavy (non-hydrogen) atoms. The fraction of sp³-hybridized carbons (Fsp3) is 0.303. The first-order valence-corrected chi connectivity index (χ1v) is 24.8. The summed E-state index contributed by atoms with van der Waals surface area (Å²) in [5.74, 6) is 0. The Bertz CT molecular complexity index is 3440. The third-order valence-corrected chi connectivity index (χ3v) is 14.6. The third kappa shape index (κ3) is 7.65. The number of benzene rings is 9. The SMILES string of the molecule is CC(C)(C)c1ccc(-c2c(C(C)(C)C)cc(N(c3ccccc3)c3ccc4ccc5c(-n6c7ccc(C(C)(C)C)cc7c7cc(C(C)(C)C)ccc76)ccc6ccc3c4c65)cc2C(C)(C)C)cc1. The number of anilines is 3. The van der Waals surface area contributed by atoms with Crippen molar-refractivity contribution >= 4 is 71.2 Å². The quantitative estimate of drug-likeness (QED) is 0.156. The summed E-state index contributed by atoms with van der Waals surface area (Å²) in [7, 11) is 0. The van der Waals surface area contributed by atoms with Gasteiger partial charge in [0.1, 0.15) is 0 Å². The van der Waals surface area contributed by atoms with Crippen LogP contribution in [0.5, 0.6) is 0 Å². The Morgan fingerprint density at radius 1 is 0.353 bits per heavy atom. The van der Waals surface area contributed by atoms with Crippen LogP contribution < -0.4 is 4.90 Å². The van der Waals surface area contributed by atoms with E-state index in [0.29, 0.717) is 0 Å². The van der Waals surface area contributed by atoms with E-state index >= 15 is 0 Å². The Kier molecular flexibility index (Phi) is 10.4. The molecule has 10 rings (SSSR count). The summed E-state index contributed by atoms with van der Waals surface area (Å²) in [4.78, 5) is 2.52. The molecule has 0 aliphatic heterocycles. The van der Waals surface area contributed by atoms with Crippen LogP contribution in [0.2, 0.25) is 0 Å². The molecule has 9 aromatic carbocycles. The van der Waals surface area contributed by atoms with Crippen molar-refractivity contribution in [3.8, 4) is 16.8 Å². The molecule has 0 saturated carbocycles. The van der Waals surface area contributed by atoms with Gasteiger partial charge in [0.25, 0.3) is 0 Å². The van der Waals surface area contributed by atoms with Crippen molar-refractivity contribution in [3.63, 3.8) is 0 Å². The summed E-state index contributed by atoms with van der Waals surface area (Å²) < 4.78 is 2.53. The first-order valence-electron chi connectivity index (χ1n) is 24.8. The number of para-hydroxylation sites is 1. The van der Waals surface area contributed by atoms with E-state index in [0.717, 1.165) is 5.69 Å². The summed E-state index contributed by atoms with van der Waals surface area (Å²) >= 11 is 0. The molecule has 0 N–H and O–H groups in total. The van der Waals surface area contributed by atoms with Crippen LogP contribution in [0.1, 0.15) is 132 Å². The van der Waals surface area contributed by atoms with Gasteiger partial charge in [-0.15, -0.1) is 0 Å². The van der Waals surface area contributed by atoms with Crippen molar-refractivity contribution < 1.29 is 0 Å². The van der Waals surface area contributed by atoms with Crippen LogP contribution >= 0.6 is 0 Å². The summed E-state index contributed by atoms with van der Waals surface area (Å²) in [6.07, 6.45) is 0. The zero-order chi connectivity index (χ0) is 48.5. The molecule has 1 heterocycles. The van der Waals surface area contributed by atoms with Crippen LogP contribution in [-0.2, 0) is 27.1 Å². The second-order valence-electron chi connectivity index (χ2n) is 24.8. The lowest BCUT2D eigenvalue weighted by Crippen LogP contribution is -2.21. The number of aromatic nitrogens is 1. The van der Waals surface area contributed by atoms with Crippen molar-refractivity contribution in [1.29, 1.82) is 0 Å². The molecule has 0 unspecified atom stereocenters. The highest BCUT2D eigenvalue weighted by Crippen LogP contribution is 2.50. The van der Waals surface area contributed by atoms with Gasteiger partial charge in [-0.25, -0.2) is 0 Å². The van der Waals surface area contributed by atoms with Gasteiger partial charge in [0.15, 0.2) is 0 Å². The van der Waals surface area contributed by atoms with E-state index in [2.05, 4.69) is 265 Å². The number of hydrogen-bond acceptors (Lipinski definition) is 1. The zero-order valence-corrected chi connectivity index (χ0v) is 43.3. The zero-order valence-electron chi connectivity index (χ0n) is 43.3. The monoisotopic (exact) mass is 891 g/mol. The van der Waals surface area contributed by atoms with Crippen molar-refractivity contribution in [1.82, 2.24) is 4.57 Å². The molecule has 0 spiro atoms. The molecule has 2 nitrogen and oxygen atoms in total. The van der Waals surface area contributed by atoms with E-state index in [4.69, 9.17) is 0 Å². The summed E-state index contributed by atoms with van der Waals surface area (Å²) in [5.41, 5.74) is 16.4. The van der Waals surface area contributed by atoms with Gasteiger partial charge in [0.05, 0.1) is 22.4 Å². The summed E-state index contributed by atoms with van der Waals surface area (Å²) in [6.45, 7) is 35.0. The average molecular weight is 891 g/mol. The van der Waals surface area contributed by atoms with E-state index in [1.807, 2.05) is 0 Å². The van der Waals surface area contributed by atoms with Gasteiger partial charge in [-0.2, -0.15) is 0 Å². The molecule has 0 atom stereocenters. The fourth-order valence-electron chi connectivity index (χ4n) is 10.8. The topological polar surface area (TPSA) is 8.17 Å². The molecule has 10 aromatic rings. The minimum atomic E-state index is -0.134. The van der Waals surface area contributed by atoms with Crippen LogP contribution in [0.15, 0.2) is 152 Å². The average Bonchev–Trinajstić information content (AvgIpc) is 3.60. The minimum absolute atomic E-state index is 0.0334. The Hall–Kier alpha value is -6.38. The van der Waals surface area contributed by atoms with Gasteiger partial charge in [0, 0.05) is 32.9 Å². The molecule has 0 radical (unpaired) electrons. The van der Waals surface area contributed by atoms with Gasteiger partial charge >= 0.3 is 0 Å². The van der Waals surface area contributed by atoms with Crippen LogP contribution in [-0.4, -0.2) is 4.57 Å². The summed E-state index contributed by atoms with van der Waals surface area (Å²) in [5, 5.41) is 10.2. The normalized spacial score (nSPS) is 13.2. The van der Waals surface area contributed by atoms with Crippen molar-refractivity contribution in [3.05, 3.63) is 179 Å². The highest BCUT2D eigenvalue weighted by molar-refractivity contribution is 6.27. The molecule has 0 saturated heterocycles. The number of rotatable bonds is 5. The smallest absolute Gasteiger partial charge is 0.0541 e. The molecule has 0 aliphatic carbocycles.